The number of alkyl halides is 2. The topological polar surface area (TPSA) is 29.1 Å². The van der Waals surface area contributed by atoms with E-state index in [1.807, 2.05) is 13.8 Å². The lowest BCUT2D eigenvalue weighted by molar-refractivity contribution is -0.124. The first-order chi connectivity index (χ1) is 6.96. The zero-order valence-electron chi connectivity index (χ0n) is 9.11. The number of nitrogens with one attached hydrogen (secondary N) is 1. The Labute approximate surface area is 105 Å². The Balaban J connectivity index is 2.61. The Hall–Kier alpha value is 0.400. The van der Waals surface area contributed by atoms with Crippen molar-refractivity contribution in [1.82, 2.24) is 5.32 Å². The Morgan fingerprint density at radius 2 is 2.13 bits per heavy atom. The van der Waals surface area contributed by atoms with Gasteiger partial charge in [0.15, 0.2) is 0 Å². The maximum atomic E-state index is 12.1. The Morgan fingerprint density at radius 3 is 2.53 bits per heavy atom. The van der Waals surface area contributed by atoms with Crippen LogP contribution in [0.25, 0.3) is 0 Å². The summed E-state index contributed by atoms with van der Waals surface area (Å²) in [6, 6.07) is 0. The lowest BCUT2D eigenvalue weighted by atomic mass is 10.0. The van der Waals surface area contributed by atoms with Gasteiger partial charge >= 0.3 is 0 Å². The van der Waals surface area contributed by atoms with E-state index in [2.05, 4.69) is 5.32 Å². The average Bonchev–Trinajstić information content (AvgIpc) is 2.66. The molecular formula is C10H17Cl2NOS. The molecule has 0 aromatic rings. The van der Waals surface area contributed by atoms with Crippen molar-refractivity contribution in [2.24, 2.45) is 0 Å². The van der Waals surface area contributed by atoms with Crippen LogP contribution in [0.1, 0.15) is 26.7 Å². The number of hydrogen-bond acceptors (Lipinski definition) is 2. The van der Waals surface area contributed by atoms with Crippen LogP contribution in [0.4, 0.5) is 0 Å². The van der Waals surface area contributed by atoms with E-state index in [0.29, 0.717) is 11.8 Å². The summed E-state index contributed by atoms with van der Waals surface area (Å²) in [4.78, 5) is 12.1. The minimum absolute atomic E-state index is 0.0637. The van der Waals surface area contributed by atoms with Crippen LogP contribution in [-0.4, -0.2) is 33.7 Å². The molecule has 1 unspecified atom stereocenters. The molecule has 88 valence electrons. The standard InChI is InChI=1S/C10H17Cl2NOS/c1-9(6-11,7-12)13-8(14)10(2)4-3-5-15-10/h3-7H2,1-2H3,(H,13,14). The maximum absolute atomic E-state index is 12.1. The molecule has 1 heterocycles. The fraction of sp³-hybridized carbons (Fsp3) is 0.900. The summed E-state index contributed by atoms with van der Waals surface area (Å²) in [6.07, 6.45) is 2.04. The van der Waals surface area contributed by atoms with Crippen LogP contribution < -0.4 is 5.32 Å². The van der Waals surface area contributed by atoms with Crippen LogP contribution in [0.5, 0.6) is 0 Å². The van der Waals surface area contributed by atoms with E-state index in [-0.39, 0.29) is 10.7 Å². The fourth-order valence-corrected chi connectivity index (χ4v) is 3.10. The Kier molecular flexibility index (Phi) is 4.63. The van der Waals surface area contributed by atoms with Gasteiger partial charge in [-0.2, -0.15) is 0 Å². The fourth-order valence-electron chi connectivity index (χ4n) is 1.47. The molecule has 0 radical (unpaired) electrons. The van der Waals surface area contributed by atoms with E-state index in [1.165, 1.54) is 0 Å². The molecule has 2 nitrogen and oxygen atoms in total. The first-order valence-electron chi connectivity index (χ1n) is 5.04. The van der Waals surface area contributed by atoms with Crippen LogP contribution in [0, 0.1) is 0 Å². The molecule has 0 saturated carbocycles. The van der Waals surface area contributed by atoms with E-state index < -0.39 is 5.54 Å². The van der Waals surface area contributed by atoms with Gasteiger partial charge in [0.25, 0.3) is 0 Å². The second-order valence-corrected chi connectivity index (χ2v) is 6.60. The van der Waals surface area contributed by atoms with Crippen molar-refractivity contribution < 1.29 is 4.79 Å². The molecule has 1 aliphatic heterocycles. The molecule has 0 aliphatic carbocycles. The van der Waals surface area contributed by atoms with Crippen LogP contribution in [0.3, 0.4) is 0 Å². The Morgan fingerprint density at radius 1 is 1.53 bits per heavy atom. The lowest BCUT2D eigenvalue weighted by Crippen LogP contribution is -2.54. The van der Waals surface area contributed by atoms with Crippen molar-refractivity contribution >= 4 is 40.9 Å². The zero-order chi connectivity index (χ0) is 11.5. The highest BCUT2D eigenvalue weighted by molar-refractivity contribution is 8.01. The van der Waals surface area contributed by atoms with Gasteiger partial charge in [0.1, 0.15) is 0 Å². The number of rotatable bonds is 4. The number of thioether (sulfide) groups is 1. The predicted octanol–water partition coefficient (Wildman–Crippen LogP) is 2.62. The molecule has 15 heavy (non-hydrogen) atoms. The van der Waals surface area contributed by atoms with Crippen LogP contribution in [-0.2, 0) is 4.79 Å². The summed E-state index contributed by atoms with van der Waals surface area (Å²) in [5.74, 6) is 1.79. The summed E-state index contributed by atoms with van der Waals surface area (Å²) in [7, 11) is 0. The number of amides is 1. The molecule has 1 amide bonds. The van der Waals surface area contributed by atoms with Gasteiger partial charge in [-0.3, -0.25) is 4.79 Å². The highest BCUT2D eigenvalue weighted by Gasteiger charge is 2.39. The van der Waals surface area contributed by atoms with Gasteiger partial charge in [-0.1, -0.05) is 0 Å². The van der Waals surface area contributed by atoms with Crippen molar-refractivity contribution in [1.29, 1.82) is 0 Å². The van der Waals surface area contributed by atoms with Gasteiger partial charge in [-0.05, 0) is 32.4 Å². The van der Waals surface area contributed by atoms with Gasteiger partial charge in [-0.25, -0.2) is 0 Å². The molecule has 1 rings (SSSR count). The smallest absolute Gasteiger partial charge is 0.236 e. The molecule has 1 fully saturated rings. The second-order valence-electron chi connectivity index (χ2n) is 4.46. The molecule has 1 saturated heterocycles. The second kappa shape index (κ2) is 5.15. The molecule has 0 spiro atoms. The van der Waals surface area contributed by atoms with E-state index in [9.17, 15) is 4.79 Å². The third kappa shape index (κ3) is 3.18. The quantitative estimate of drug-likeness (QED) is 0.796. The third-order valence-electron chi connectivity index (χ3n) is 2.70. The number of carbonyl (C=O) groups is 1. The highest BCUT2D eigenvalue weighted by Crippen LogP contribution is 2.38. The SMILES string of the molecule is CC(CCl)(CCl)NC(=O)C1(C)CCCS1. The van der Waals surface area contributed by atoms with Crippen LogP contribution >= 0.6 is 35.0 Å². The van der Waals surface area contributed by atoms with E-state index >= 15 is 0 Å². The molecule has 5 heteroatoms. The summed E-state index contributed by atoms with van der Waals surface area (Å²) in [5.41, 5.74) is -0.494. The molecule has 0 bridgehead atoms. The summed E-state index contributed by atoms with van der Waals surface area (Å²) >= 11 is 13.3. The normalized spacial score (nSPS) is 26.7. The minimum atomic E-state index is -0.494. The maximum Gasteiger partial charge on any atom is 0.236 e. The monoisotopic (exact) mass is 269 g/mol. The van der Waals surface area contributed by atoms with Crippen molar-refractivity contribution in [3.63, 3.8) is 0 Å². The Bertz CT molecular complexity index is 238. The average molecular weight is 270 g/mol. The van der Waals surface area contributed by atoms with Gasteiger partial charge in [0.2, 0.25) is 5.91 Å². The first-order valence-corrected chi connectivity index (χ1v) is 7.10. The van der Waals surface area contributed by atoms with Crippen molar-refractivity contribution in [2.75, 3.05) is 17.5 Å². The number of halogens is 2. The van der Waals surface area contributed by atoms with Gasteiger partial charge in [-0.15, -0.1) is 35.0 Å². The molecule has 1 atom stereocenters. The lowest BCUT2D eigenvalue weighted by Gasteiger charge is -2.31. The van der Waals surface area contributed by atoms with Gasteiger partial charge in [0.05, 0.1) is 10.3 Å². The van der Waals surface area contributed by atoms with E-state index in [1.54, 1.807) is 11.8 Å². The number of carbonyl (C=O) groups excluding carboxylic acids is 1. The minimum Gasteiger partial charge on any atom is -0.347 e. The highest BCUT2D eigenvalue weighted by atomic mass is 35.5. The largest absolute Gasteiger partial charge is 0.347 e. The van der Waals surface area contributed by atoms with Crippen molar-refractivity contribution in [2.45, 2.75) is 37.0 Å². The van der Waals surface area contributed by atoms with E-state index in [0.717, 1.165) is 18.6 Å². The third-order valence-corrected chi connectivity index (χ3v) is 5.40. The summed E-state index contributed by atoms with van der Waals surface area (Å²) < 4.78 is -0.292. The summed E-state index contributed by atoms with van der Waals surface area (Å²) in [5, 5.41) is 2.95. The van der Waals surface area contributed by atoms with Gasteiger partial charge < -0.3 is 5.32 Å². The molecular weight excluding hydrogens is 253 g/mol. The van der Waals surface area contributed by atoms with Crippen molar-refractivity contribution in [3.8, 4) is 0 Å². The molecule has 0 aromatic heterocycles. The summed E-state index contributed by atoms with van der Waals surface area (Å²) in [6.45, 7) is 3.86. The predicted molar refractivity (Wildman–Crippen MR) is 68.1 cm³/mol. The molecule has 1 N–H and O–H groups in total. The number of hydrogen-bond donors (Lipinski definition) is 1. The molecule has 0 aromatic carbocycles. The van der Waals surface area contributed by atoms with Crippen molar-refractivity contribution in [3.05, 3.63) is 0 Å². The van der Waals surface area contributed by atoms with Crippen LogP contribution in [0.2, 0.25) is 0 Å². The van der Waals surface area contributed by atoms with Crippen LogP contribution in [0.15, 0.2) is 0 Å². The van der Waals surface area contributed by atoms with E-state index in [4.69, 9.17) is 23.2 Å². The zero-order valence-corrected chi connectivity index (χ0v) is 11.4. The molecule has 1 aliphatic rings. The first kappa shape index (κ1) is 13.5. The van der Waals surface area contributed by atoms with Gasteiger partial charge in [0, 0.05) is 11.8 Å².